The molecule has 0 radical (unpaired) electrons. The van der Waals surface area contributed by atoms with Gasteiger partial charge in [0.05, 0.1) is 34.5 Å². The van der Waals surface area contributed by atoms with Gasteiger partial charge < -0.3 is 9.97 Å². The summed E-state index contributed by atoms with van der Waals surface area (Å²) in [7, 11) is 0. The number of fused-ring (bicyclic) bond motifs is 2. The van der Waals surface area contributed by atoms with Crippen LogP contribution in [0.3, 0.4) is 0 Å². The smallest absolute Gasteiger partial charge is 0.266 e. The monoisotopic (exact) mass is 308 g/mol. The second kappa shape index (κ2) is 6.28. The van der Waals surface area contributed by atoms with Crippen molar-refractivity contribution in [3.63, 3.8) is 0 Å². The minimum absolute atomic E-state index is 0.163. The Morgan fingerprint density at radius 3 is 2.00 bits per heavy atom. The molecule has 4 rings (SSSR count). The van der Waals surface area contributed by atoms with Gasteiger partial charge in [0.25, 0.3) is 5.56 Å². The third kappa shape index (κ3) is 3.24. The first-order valence-electron chi connectivity index (χ1n) is 6.60. The predicted molar refractivity (Wildman–Crippen MR) is 89.3 cm³/mol. The van der Waals surface area contributed by atoms with Crippen LogP contribution in [0.25, 0.3) is 22.1 Å². The predicted octanol–water partition coefficient (Wildman–Crippen LogP) is 3.22. The molecule has 0 aliphatic heterocycles. The molecule has 0 saturated heterocycles. The van der Waals surface area contributed by atoms with Crippen LogP contribution in [0, 0.1) is 4.64 Å². The van der Waals surface area contributed by atoms with E-state index in [0.717, 1.165) is 22.1 Å². The number of rotatable bonds is 0. The minimum Gasteiger partial charge on any atom is -0.344 e. The largest absolute Gasteiger partial charge is 0.344 e. The Labute approximate surface area is 130 Å². The summed E-state index contributed by atoms with van der Waals surface area (Å²) >= 11 is 4.92. The zero-order chi connectivity index (χ0) is 15.4. The molecule has 2 aromatic heterocycles. The molecule has 0 aliphatic carbocycles. The van der Waals surface area contributed by atoms with Crippen molar-refractivity contribution in [3.8, 4) is 0 Å². The second-order valence-corrected chi connectivity index (χ2v) is 4.97. The van der Waals surface area contributed by atoms with E-state index >= 15 is 0 Å². The molecule has 0 saturated carbocycles. The van der Waals surface area contributed by atoms with Crippen LogP contribution < -0.4 is 5.56 Å². The van der Waals surface area contributed by atoms with Crippen LogP contribution in [0.1, 0.15) is 0 Å². The van der Waals surface area contributed by atoms with Crippen molar-refractivity contribution in [1.29, 1.82) is 0 Å². The van der Waals surface area contributed by atoms with E-state index in [1.807, 2.05) is 48.5 Å². The van der Waals surface area contributed by atoms with Crippen LogP contribution in [-0.4, -0.2) is 19.9 Å². The van der Waals surface area contributed by atoms with Crippen molar-refractivity contribution in [2.24, 2.45) is 0 Å². The van der Waals surface area contributed by atoms with Crippen LogP contribution in [-0.2, 0) is 0 Å². The van der Waals surface area contributed by atoms with E-state index in [-0.39, 0.29) is 5.56 Å². The first kappa shape index (κ1) is 14.1. The van der Waals surface area contributed by atoms with Gasteiger partial charge in [-0.25, -0.2) is 4.98 Å². The molecule has 0 atom stereocenters. The van der Waals surface area contributed by atoms with Gasteiger partial charge >= 0.3 is 0 Å². The maximum atomic E-state index is 10.8. The molecule has 0 aliphatic rings. The van der Waals surface area contributed by atoms with Crippen molar-refractivity contribution in [2.45, 2.75) is 0 Å². The Kier molecular flexibility index (Phi) is 4.02. The number of benzene rings is 2. The number of hydrogen-bond donors (Lipinski definition) is 2. The van der Waals surface area contributed by atoms with Crippen molar-refractivity contribution in [3.05, 3.63) is 75.9 Å². The highest BCUT2D eigenvalue weighted by Gasteiger charge is 1.91. The van der Waals surface area contributed by atoms with Crippen molar-refractivity contribution in [2.75, 3.05) is 0 Å². The molecule has 4 aromatic rings. The molecule has 2 heterocycles. The molecule has 0 spiro atoms. The van der Waals surface area contributed by atoms with E-state index in [1.165, 1.54) is 6.20 Å². The number of H-pyrrole nitrogens is 2. The molecule has 6 heteroatoms. The highest BCUT2D eigenvalue weighted by Crippen LogP contribution is 2.05. The molecule has 108 valence electrons. The van der Waals surface area contributed by atoms with Crippen LogP contribution in [0.4, 0.5) is 0 Å². The van der Waals surface area contributed by atoms with Gasteiger partial charge in [0.15, 0.2) is 0 Å². The maximum absolute atomic E-state index is 10.8. The number of aromatic nitrogens is 4. The highest BCUT2D eigenvalue weighted by molar-refractivity contribution is 7.71. The van der Waals surface area contributed by atoms with E-state index < -0.39 is 0 Å². The van der Waals surface area contributed by atoms with Gasteiger partial charge in [-0.15, -0.1) is 0 Å². The summed E-state index contributed by atoms with van der Waals surface area (Å²) in [6, 6.07) is 15.2. The lowest BCUT2D eigenvalue weighted by Crippen LogP contribution is -2.04. The lowest BCUT2D eigenvalue weighted by molar-refractivity contribution is 1.22. The number of aromatic amines is 2. The van der Waals surface area contributed by atoms with E-state index in [9.17, 15) is 4.79 Å². The molecule has 0 fully saturated rings. The van der Waals surface area contributed by atoms with Crippen molar-refractivity contribution in [1.82, 2.24) is 19.9 Å². The minimum atomic E-state index is -0.163. The van der Waals surface area contributed by atoms with E-state index in [1.54, 1.807) is 6.20 Å². The summed E-state index contributed by atoms with van der Waals surface area (Å²) in [6.07, 6.45) is 2.93. The van der Waals surface area contributed by atoms with E-state index in [2.05, 4.69) is 19.9 Å². The fourth-order valence-electron chi connectivity index (χ4n) is 1.97. The van der Waals surface area contributed by atoms with Crippen LogP contribution in [0.15, 0.2) is 65.7 Å². The van der Waals surface area contributed by atoms with Crippen molar-refractivity contribution < 1.29 is 0 Å². The highest BCUT2D eigenvalue weighted by atomic mass is 32.1. The molecular formula is C16H12N4OS. The lowest BCUT2D eigenvalue weighted by atomic mass is 10.3. The first-order valence-corrected chi connectivity index (χ1v) is 7.01. The standard InChI is InChI=1S/C8H6N2O.C8H6N2S/c2*11-8-5-9-6-3-1-2-4-7(6)10-8/h2*1-5H,(H,10,11). The maximum Gasteiger partial charge on any atom is 0.266 e. The first-order chi connectivity index (χ1) is 10.7. The zero-order valence-corrected chi connectivity index (χ0v) is 12.3. The lowest BCUT2D eigenvalue weighted by Gasteiger charge is -1.93. The van der Waals surface area contributed by atoms with Gasteiger partial charge in [0.2, 0.25) is 0 Å². The molecule has 0 bridgehead atoms. The summed E-state index contributed by atoms with van der Waals surface area (Å²) in [5.41, 5.74) is 3.36. The Bertz CT molecular complexity index is 953. The van der Waals surface area contributed by atoms with Gasteiger partial charge in [0.1, 0.15) is 4.64 Å². The molecule has 5 nitrogen and oxygen atoms in total. The van der Waals surface area contributed by atoms with Gasteiger partial charge in [-0.05, 0) is 24.3 Å². The number of para-hydroxylation sites is 4. The van der Waals surface area contributed by atoms with Crippen LogP contribution >= 0.6 is 12.2 Å². The summed E-state index contributed by atoms with van der Waals surface area (Å²) < 4.78 is 0.670. The molecule has 2 aromatic carbocycles. The van der Waals surface area contributed by atoms with Crippen LogP contribution in [0.2, 0.25) is 0 Å². The molecule has 22 heavy (non-hydrogen) atoms. The normalized spacial score (nSPS) is 10.2. The van der Waals surface area contributed by atoms with Gasteiger partial charge in [-0.1, -0.05) is 36.5 Å². The molecule has 0 unspecified atom stereocenters. The average Bonchev–Trinajstić information content (AvgIpc) is 2.55. The second-order valence-electron chi connectivity index (χ2n) is 4.53. The summed E-state index contributed by atoms with van der Waals surface area (Å²) in [5.74, 6) is 0. The van der Waals surface area contributed by atoms with Gasteiger partial charge in [-0.3, -0.25) is 9.78 Å². The average molecular weight is 308 g/mol. The Hall–Kier alpha value is -2.86. The van der Waals surface area contributed by atoms with Gasteiger partial charge in [-0.2, -0.15) is 0 Å². The summed E-state index contributed by atoms with van der Waals surface area (Å²) in [5, 5.41) is 0. The third-order valence-corrected chi connectivity index (χ3v) is 3.17. The SMILES string of the molecule is O=c1cnc2ccccc2[nH]1.S=c1cnc2ccccc2[nH]1. The number of nitrogens with zero attached hydrogens (tertiary/aromatic N) is 2. The molecule has 2 N–H and O–H groups in total. The third-order valence-electron chi connectivity index (χ3n) is 2.97. The van der Waals surface area contributed by atoms with Crippen molar-refractivity contribution >= 4 is 34.3 Å². The fraction of sp³-hybridized carbons (Fsp3) is 0. The van der Waals surface area contributed by atoms with Gasteiger partial charge in [0, 0.05) is 0 Å². The van der Waals surface area contributed by atoms with E-state index in [0.29, 0.717) is 4.64 Å². The summed E-state index contributed by atoms with van der Waals surface area (Å²) in [4.78, 5) is 24.6. The topological polar surface area (TPSA) is 74.4 Å². The Morgan fingerprint density at radius 1 is 0.773 bits per heavy atom. The number of hydrogen-bond acceptors (Lipinski definition) is 4. The summed E-state index contributed by atoms with van der Waals surface area (Å²) in [6.45, 7) is 0. The quantitative estimate of drug-likeness (QED) is 0.489. The Balaban J connectivity index is 0.000000131. The van der Waals surface area contributed by atoms with Crippen LogP contribution in [0.5, 0.6) is 0 Å². The fourth-order valence-corrected chi connectivity index (χ4v) is 2.13. The van der Waals surface area contributed by atoms with E-state index in [4.69, 9.17) is 12.2 Å². The zero-order valence-electron chi connectivity index (χ0n) is 11.5. The molecule has 0 amide bonds. The molecular weight excluding hydrogens is 296 g/mol. The Morgan fingerprint density at radius 2 is 1.32 bits per heavy atom. The number of nitrogens with one attached hydrogen (secondary N) is 2.